The smallest absolute Gasteiger partial charge is 0.351 e. The van der Waals surface area contributed by atoms with Crippen molar-refractivity contribution in [3.63, 3.8) is 0 Å². The summed E-state index contributed by atoms with van der Waals surface area (Å²) >= 11 is 0. The van der Waals surface area contributed by atoms with Crippen molar-refractivity contribution < 1.29 is 19.4 Å². The van der Waals surface area contributed by atoms with E-state index in [1.54, 1.807) is 19.9 Å². The molecule has 1 unspecified atom stereocenters. The van der Waals surface area contributed by atoms with Crippen LogP contribution in [0.5, 0.6) is 0 Å². The second kappa shape index (κ2) is 6.35. The van der Waals surface area contributed by atoms with E-state index in [9.17, 15) is 4.79 Å². The van der Waals surface area contributed by atoms with E-state index in [-0.39, 0.29) is 19.6 Å². The molecule has 0 aromatic heterocycles. The average Bonchev–Trinajstić information content (AvgIpc) is 2.16. The summed E-state index contributed by atoms with van der Waals surface area (Å²) < 4.78 is 9.94. The highest BCUT2D eigenvalue weighted by molar-refractivity contribution is 5.81. The first-order valence-corrected chi connectivity index (χ1v) is 4.49. The van der Waals surface area contributed by atoms with Gasteiger partial charge in [0.15, 0.2) is 0 Å². The van der Waals surface area contributed by atoms with Gasteiger partial charge in [-0.15, -0.1) is 0 Å². The van der Waals surface area contributed by atoms with Crippen molar-refractivity contribution in [1.82, 2.24) is 0 Å². The molecule has 0 bridgehead atoms. The number of nitriles is 1. The topological polar surface area (TPSA) is 79.5 Å². The summed E-state index contributed by atoms with van der Waals surface area (Å²) in [6, 6.07) is 1.67. The fourth-order valence-electron chi connectivity index (χ4n) is 0.983. The van der Waals surface area contributed by atoms with Crippen LogP contribution in [-0.2, 0) is 14.3 Å². The molecule has 0 saturated heterocycles. The van der Waals surface area contributed by atoms with Gasteiger partial charge in [0, 0.05) is 19.6 Å². The van der Waals surface area contributed by atoms with Crippen molar-refractivity contribution in [2.45, 2.75) is 25.9 Å². The van der Waals surface area contributed by atoms with Gasteiger partial charge in [0.25, 0.3) is 5.60 Å². The molecule has 14 heavy (non-hydrogen) atoms. The van der Waals surface area contributed by atoms with Gasteiger partial charge in [-0.3, -0.25) is 0 Å². The normalized spacial score (nSPS) is 14.4. The maximum Gasteiger partial charge on any atom is 0.351 e. The van der Waals surface area contributed by atoms with E-state index in [1.807, 2.05) is 0 Å². The number of hydrogen-bond donors (Lipinski definition) is 1. The summed E-state index contributed by atoms with van der Waals surface area (Å²) in [7, 11) is 0. The van der Waals surface area contributed by atoms with Crippen LogP contribution in [0, 0.1) is 11.3 Å². The van der Waals surface area contributed by atoms with Crippen molar-refractivity contribution in [3.8, 4) is 6.07 Å². The Kier molecular flexibility index (Phi) is 5.84. The lowest BCUT2D eigenvalue weighted by Gasteiger charge is -2.21. The Hall–Kier alpha value is -1.12. The van der Waals surface area contributed by atoms with Crippen LogP contribution in [-0.4, -0.2) is 36.5 Å². The largest absolute Gasteiger partial charge is 0.478 e. The van der Waals surface area contributed by atoms with Crippen molar-refractivity contribution >= 4 is 5.97 Å². The van der Waals surface area contributed by atoms with E-state index in [2.05, 4.69) is 0 Å². The zero-order chi connectivity index (χ0) is 11.0. The highest BCUT2D eigenvalue weighted by atomic mass is 16.5. The summed E-state index contributed by atoms with van der Waals surface area (Å²) in [5.74, 6) is -1.26. The minimum absolute atomic E-state index is 0.0422. The Balaban J connectivity index is 4.37. The average molecular weight is 201 g/mol. The maximum atomic E-state index is 10.8. The third-order valence-electron chi connectivity index (χ3n) is 1.72. The lowest BCUT2D eigenvalue weighted by atomic mass is 10.0. The minimum Gasteiger partial charge on any atom is -0.478 e. The van der Waals surface area contributed by atoms with Gasteiger partial charge < -0.3 is 14.6 Å². The first-order chi connectivity index (χ1) is 6.63. The summed E-state index contributed by atoms with van der Waals surface area (Å²) in [4.78, 5) is 10.8. The molecule has 0 spiro atoms. The van der Waals surface area contributed by atoms with Gasteiger partial charge in [-0.2, -0.15) is 5.26 Å². The van der Waals surface area contributed by atoms with Crippen LogP contribution in [0.25, 0.3) is 0 Å². The minimum atomic E-state index is -1.76. The van der Waals surface area contributed by atoms with E-state index in [4.69, 9.17) is 19.8 Å². The van der Waals surface area contributed by atoms with Gasteiger partial charge in [-0.25, -0.2) is 4.79 Å². The first-order valence-electron chi connectivity index (χ1n) is 4.49. The van der Waals surface area contributed by atoms with Crippen LogP contribution in [0.2, 0.25) is 0 Å². The maximum absolute atomic E-state index is 10.8. The van der Waals surface area contributed by atoms with Gasteiger partial charge in [0.05, 0.1) is 6.61 Å². The fourth-order valence-corrected chi connectivity index (χ4v) is 0.983. The second-order valence-corrected chi connectivity index (χ2v) is 2.62. The summed E-state index contributed by atoms with van der Waals surface area (Å²) in [6.07, 6.45) is 0.0422. The molecule has 0 heterocycles. The highest BCUT2D eigenvalue weighted by Gasteiger charge is 2.39. The molecule has 0 rings (SSSR count). The molecular weight excluding hydrogens is 186 g/mol. The molecule has 0 saturated carbocycles. The van der Waals surface area contributed by atoms with Gasteiger partial charge in [-0.05, 0) is 13.8 Å². The Labute approximate surface area is 83.2 Å². The van der Waals surface area contributed by atoms with Crippen LogP contribution >= 0.6 is 0 Å². The zero-order valence-corrected chi connectivity index (χ0v) is 8.45. The molecule has 0 aromatic carbocycles. The number of carboxylic acid groups (broad SMARTS) is 1. The molecule has 5 heteroatoms. The van der Waals surface area contributed by atoms with E-state index in [0.29, 0.717) is 6.61 Å². The van der Waals surface area contributed by atoms with E-state index < -0.39 is 11.6 Å². The summed E-state index contributed by atoms with van der Waals surface area (Å²) in [6.45, 7) is 4.33. The van der Waals surface area contributed by atoms with Gasteiger partial charge in [0.2, 0.25) is 0 Å². The molecule has 5 nitrogen and oxygen atoms in total. The third-order valence-corrected chi connectivity index (χ3v) is 1.72. The number of hydrogen-bond acceptors (Lipinski definition) is 4. The Morgan fingerprint density at radius 2 is 2.14 bits per heavy atom. The summed E-state index contributed by atoms with van der Waals surface area (Å²) in [5.41, 5.74) is -1.76. The number of ether oxygens (including phenoxy) is 2. The molecule has 0 aliphatic carbocycles. The van der Waals surface area contributed by atoms with Crippen LogP contribution in [0.3, 0.4) is 0 Å². The van der Waals surface area contributed by atoms with Crippen molar-refractivity contribution in [1.29, 1.82) is 5.26 Å². The number of aliphatic carboxylic acids is 1. The lowest BCUT2D eigenvalue weighted by Crippen LogP contribution is -2.41. The van der Waals surface area contributed by atoms with Crippen LogP contribution in [0.15, 0.2) is 0 Å². The molecule has 1 atom stereocenters. The molecule has 0 fully saturated rings. The third kappa shape index (κ3) is 3.32. The van der Waals surface area contributed by atoms with Crippen molar-refractivity contribution in [2.75, 3.05) is 19.8 Å². The lowest BCUT2D eigenvalue weighted by molar-refractivity contribution is -0.159. The molecule has 0 aliphatic rings. The highest BCUT2D eigenvalue weighted by Crippen LogP contribution is 2.15. The molecule has 0 aliphatic heterocycles. The van der Waals surface area contributed by atoms with E-state index in [0.717, 1.165) is 0 Å². The quantitative estimate of drug-likeness (QED) is 0.616. The first kappa shape index (κ1) is 12.9. The van der Waals surface area contributed by atoms with Crippen LogP contribution < -0.4 is 0 Å². The number of carbonyl (C=O) groups is 1. The number of rotatable bonds is 7. The molecule has 0 amide bonds. The van der Waals surface area contributed by atoms with Gasteiger partial charge in [0.1, 0.15) is 6.07 Å². The molecule has 80 valence electrons. The predicted octanol–water partition coefficient (Wildman–Crippen LogP) is 0.796. The molecule has 0 radical (unpaired) electrons. The Bertz CT molecular complexity index is 223. The van der Waals surface area contributed by atoms with E-state index >= 15 is 0 Å². The fraction of sp³-hybridized carbons (Fsp3) is 0.778. The SMILES string of the molecule is CCOCCC(C#N)(OCC)C(=O)O. The Morgan fingerprint density at radius 1 is 1.50 bits per heavy atom. The van der Waals surface area contributed by atoms with E-state index in [1.165, 1.54) is 0 Å². The van der Waals surface area contributed by atoms with Crippen LogP contribution in [0.4, 0.5) is 0 Å². The molecule has 0 aromatic rings. The number of nitrogens with zero attached hydrogens (tertiary/aromatic N) is 1. The number of carboxylic acids is 1. The van der Waals surface area contributed by atoms with Gasteiger partial charge in [-0.1, -0.05) is 0 Å². The zero-order valence-electron chi connectivity index (χ0n) is 8.45. The molecule has 1 N–H and O–H groups in total. The monoisotopic (exact) mass is 201 g/mol. The predicted molar refractivity (Wildman–Crippen MR) is 48.7 cm³/mol. The second-order valence-electron chi connectivity index (χ2n) is 2.62. The van der Waals surface area contributed by atoms with Crippen molar-refractivity contribution in [3.05, 3.63) is 0 Å². The van der Waals surface area contributed by atoms with Crippen molar-refractivity contribution in [2.24, 2.45) is 0 Å². The Morgan fingerprint density at radius 3 is 2.50 bits per heavy atom. The van der Waals surface area contributed by atoms with Gasteiger partial charge >= 0.3 is 5.97 Å². The molecular formula is C9H15NO4. The van der Waals surface area contributed by atoms with Crippen LogP contribution in [0.1, 0.15) is 20.3 Å². The standard InChI is InChI=1S/C9H15NO4/c1-3-13-6-5-9(7-10,8(11)12)14-4-2/h3-6H2,1-2H3,(H,11,12). The summed E-state index contributed by atoms with van der Waals surface area (Å²) in [5, 5.41) is 17.6.